The molecule has 0 aliphatic heterocycles. The van der Waals surface area contributed by atoms with Crippen LogP contribution >= 0.6 is 0 Å². The Balaban J connectivity index is 1.53. The number of nitrogens with one attached hydrogen (secondary N) is 2. The molecule has 7 nitrogen and oxygen atoms in total. The van der Waals surface area contributed by atoms with Crippen LogP contribution in [0.25, 0.3) is 0 Å². The zero-order chi connectivity index (χ0) is 16.6. The van der Waals surface area contributed by atoms with E-state index in [0.29, 0.717) is 18.9 Å². The van der Waals surface area contributed by atoms with Crippen molar-refractivity contribution in [3.63, 3.8) is 0 Å². The minimum atomic E-state index is -0.264. The molecule has 0 bridgehead atoms. The summed E-state index contributed by atoms with van der Waals surface area (Å²) in [5, 5.41) is 5.94. The number of anilines is 1. The lowest BCUT2D eigenvalue weighted by molar-refractivity contribution is 0.0945. The number of hydrogen-bond acceptors (Lipinski definition) is 6. The maximum atomic E-state index is 12.1. The molecule has 0 aliphatic carbocycles. The molecule has 3 aromatic heterocycles. The SMILES string of the molecule is O=C(NCc1ccncc1)c1cnc(NCc2ccncc2)cn1. The fourth-order valence-corrected chi connectivity index (χ4v) is 2.00. The highest BCUT2D eigenvalue weighted by Crippen LogP contribution is 2.05. The molecule has 2 N–H and O–H groups in total. The van der Waals surface area contributed by atoms with E-state index in [9.17, 15) is 4.79 Å². The molecule has 0 spiro atoms. The third-order valence-corrected chi connectivity index (χ3v) is 3.31. The first-order chi connectivity index (χ1) is 11.8. The second kappa shape index (κ2) is 7.77. The summed E-state index contributed by atoms with van der Waals surface area (Å²) in [4.78, 5) is 28.3. The molecule has 0 aromatic carbocycles. The summed E-state index contributed by atoms with van der Waals surface area (Å²) in [7, 11) is 0. The Labute approximate surface area is 139 Å². The number of carbonyl (C=O) groups excluding carboxylic acids is 1. The minimum Gasteiger partial charge on any atom is -0.365 e. The molecule has 3 rings (SSSR count). The fourth-order valence-electron chi connectivity index (χ4n) is 2.00. The van der Waals surface area contributed by atoms with Crippen LogP contribution in [-0.2, 0) is 13.1 Å². The molecule has 0 saturated carbocycles. The monoisotopic (exact) mass is 320 g/mol. The van der Waals surface area contributed by atoms with E-state index in [0.717, 1.165) is 11.1 Å². The zero-order valence-electron chi connectivity index (χ0n) is 12.9. The van der Waals surface area contributed by atoms with Crippen LogP contribution in [-0.4, -0.2) is 25.8 Å². The van der Waals surface area contributed by atoms with Gasteiger partial charge in [0.15, 0.2) is 0 Å². The number of rotatable bonds is 6. The molecule has 24 heavy (non-hydrogen) atoms. The lowest BCUT2D eigenvalue weighted by atomic mass is 10.2. The molecule has 0 saturated heterocycles. The highest BCUT2D eigenvalue weighted by molar-refractivity contribution is 5.91. The van der Waals surface area contributed by atoms with Crippen LogP contribution in [0.1, 0.15) is 21.6 Å². The maximum Gasteiger partial charge on any atom is 0.271 e. The summed E-state index contributed by atoms with van der Waals surface area (Å²) < 4.78 is 0. The van der Waals surface area contributed by atoms with Gasteiger partial charge in [-0.05, 0) is 35.4 Å². The average molecular weight is 320 g/mol. The Morgan fingerprint density at radius 2 is 1.46 bits per heavy atom. The predicted octanol–water partition coefficient (Wildman–Crippen LogP) is 1.81. The second-order valence-corrected chi connectivity index (χ2v) is 5.03. The predicted molar refractivity (Wildman–Crippen MR) is 89.0 cm³/mol. The van der Waals surface area contributed by atoms with Gasteiger partial charge >= 0.3 is 0 Å². The number of hydrogen-bond donors (Lipinski definition) is 2. The van der Waals surface area contributed by atoms with E-state index in [-0.39, 0.29) is 11.6 Å². The number of carbonyl (C=O) groups is 1. The molecule has 7 heteroatoms. The van der Waals surface area contributed by atoms with Gasteiger partial charge in [-0.2, -0.15) is 0 Å². The lowest BCUT2D eigenvalue weighted by Crippen LogP contribution is -2.24. The third-order valence-electron chi connectivity index (χ3n) is 3.31. The molecular weight excluding hydrogens is 304 g/mol. The summed E-state index contributed by atoms with van der Waals surface area (Å²) in [6, 6.07) is 7.53. The molecule has 0 atom stereocenters. The Morgan fingerprint density at radius 3 is 2.04 bits per heavy atom. The summed E-state index contributed by atoms with van der Waals surface area (Å²) in [5.74, 6) is 0.345. The quantitative estimate of drug-likeness (QED) is 0.719. The van der Waals surface area contributed by atoms with E-state index in [1.807, 2.05) is 24.3 Å². The van der Waals surface area contributed by atoms with Crippen molar-refractivity contribution in [2.24, 2.45) is 0 Å². The third kappa shape index (κ3) is 4.33. The number of aromatic nitrogens is 4. The van der Waals surface area contributed by atoms with Crippen LogP contribution in [0.5, 0.6) is 0 Å². The first kappa shape index (κ1) is 15.5. The van der Waals surface area contributed by atoms with Crippen LogP contribution < -0.4 is 10.6 Å². The molecule has 0 fully saturated rings. The summed E-state index contributed by atoms with van der Waals surface area (Å²) in [5.41, 5.74) is 2.34. The van der Waals surface area contributed by atoms with Gasteiger partial charge in [0.25, 0.3) is 5.91 Å². The number of amides is 1. The van der Waals surface area contributed by atoms with Crippen molar-refractivity contribution < 1.29 is 4.79 Å². The van der Waals surface area contributed by atoms with Crippen LogP contribution in [0, 0.1) is 0 Å². The van der Waals surface area contributed by atoms with Gasteiger partial charge in [-0.1, -0.05) is 0 Å². The zero-order valence-corrected chi connectivity index (χ0v) is 12.9. The molecular formula is C17H16N6O. The van der Waals surface area contributed by atoms with Crippen molar-refractivity contribution in [1.29, 1.82) is 0 Å². The smallest absolute Gasteiger partial charge is 0.271 e. The first-order valence-corrected chi connectivity index (χ1v) is 7.43. The van der Waals surface area contributed by atoms with Gasteiger partial charge in [-0.3, -0.25) is 14.8 Å². The van der Waals surface area contributed by atoms with Crippen LogP contribution in [0.15, 0.2) is 61.4 Å². The number of nitrogens with zero attached hydrogens (tertiary/aromatic N) is 4. The molecule has 0 aliphatic rings. The summed E-state index contributed by atoms with van der Waals surface area (Å²) >= 11 is 0. The molecule has 120 valence electrons. The Morgan fingerprint density at radius 1 is 0.833 bits per heavy atom. The van der Waals surface area contributed by atoms with E-state index >= 15 is 0 Å². The van der Waals surface area contributed by atoms with Gasteiger partial charge in [-0.15, -0.1) is 0 Å². The molecule has 0 radical (unpaired) electrons. The van der Waals surface area contributed by atoms with Gasteiger partial charge in [0.1, 0.15) is 11.5 Å². The molecule has 3 heterocycles. The Hall–Kier alpha value is -3.35. The summed E-state index contributed by atoms with van der Waals surface area (Å²) in [6.07, 6.45) is 9.84. The Bertz CT molecular complexity index is 777. The normalized spacial score (nSPS) is 10.2. The molecule has 1 amide bonds. The average Bonchev–Trinajstić information content (AvgIpc) is 2.66. The van der Waals surface area contributed by atoms with Crippen molar-refractivity contribution >= 4 is 11.7 Å². The van der Waals surface area contributed by atoms with Crippen LogP contribution in [0.3, 0.4) is 0 Å². The fraction of sp³-hybridized carbons (Fsp3) is 0.118. The second-order valence-electron chi connectivity index (χ2n) is 5.03. The van der Waals surface area contributed by atoms with E-state index in [1.54, 1.807) is 31.0 Å². The highest BCUT2D eigenvalue weighted by atomic mass is 16.1. The first-order valence-electron chi connectivity index (χ1n) is 7.43. The van der Waals surface area contributed by atoms with Gasteiger partial charge < -0.3 is 10.6 Å². The van der Waals surface area contributed by atoms with E-state index in [4.69, 9.17) is 0 Å². The lowest BCUT2D eigenvalue weighted by Gasteiger charge is -2.07. The maximum absolute atomic E-state index is 12.1. The van der Waals surface area contributed by atoms with Gasteiger partial charge in [0.2, 0.25) is 0 Å². The largest absolute Gasteiger partial charge is 0.365 e. The van der Waals surface area contributed by atoms with Crippen molar-refractivity contribution in [3.05, 3.63) is 78.3 Å². The van der Waals surface area contributed by atoms with Crippen molar-refractivity contribution in [1.82, 2.24) is 25.3 Å². The molecule has 0 unspecified atom stereocenters. The summed E-state index contributed by atoms with van der Waals surface area (Å²) in [6.45, 7) is 1.04. The van der Waals surface area contributed by atoms with E-state index < -0.39 is 0 Å². The van der Waals surface area contributed by atoms with Gasteiger partial charge in [0.05, 0.1) is 12.4 Å². The van der Waals surface area contributed by atoms with Gasteiger partial charge in [-0.25, -0.2) is 9.97 Å². The minimum absolute atomic E-state index is 0.264. The van der Waals surface area contributed by atoms with Gasteiger partial charge in [0, 0.05) is 37.9 Å². The highest BCUT2D eigenvalue weighted by Gasteiger charge is 2.07. The van der Waals surface area contributed by atoms with Crippen LogP contribution in [0.2, 0.25) is 0 Å². The van der Waals surface area contributed by atoms with E-state index in [2.05, 4.69) is 30.6 Å². The Kier molecular flexibility index (Phi) is 5.03. The topological polar surface area (TPSA) is 92.7 Å². The molecule has 3 aromatic rings. The van der Waals surface area contributed by atoms with E-state index in [1.165, 1.54) is 6.20 Å². The van der Waals surface area contributed by atoms with Crippen LogP contribution in [0.4, 0.5) is 5.82 Å². The number of pyridine rings is 2. The van der Waals surface area contributed by atoms with Crippen molar-refractivity contribution in [2.75, 3.05) is 5.32 Å². The van der Waals surface area contributed by atoms with Crippen molar-refractivity contribution in [3.8, 4) is 0 Å². The van der Waals surface area contributed by atoms with Crippen molar-refractivity contribution in [2.45, 2.75) is 13.1 Å². The standard InChI is InChI=1S/C17H16N6O/c24-17(23-10-14-3-7-19-8-4-14)15-11-22-16(12-20-15)21-9-13-1-5-18-6-2-13/h1-8,11-12H,9-10H2,(H,21,22)(H,23,24).